The van der Waals surface area contributed by atoms with Crippen LogP contribution in [-0.2, 0) is 0 Å². The minimum Gasteiger partial charge on any atom is -0.329 e. The maximum Gasteiger partial charge on any atom is 0.0473 e. The maximum absolute atomic E-state index is 6.00. The van der Waals surface area contributed by atoms with E-state index in [0.29, 0.717) is 12.6 Å². The molecule has 3 atom stereocenters. The molecule has 17 heavy (non-hydrogen) atoms. The summed E-state index contributed by atoms with van der Waals surface area (Å²) in [7, 11) is 0. The molecule has 0 aliphatic carbocycles. The summed E-state index contributed by atoms with van der Waals surface area (Å²) in [5.41, 5.74) is 8.76. The Labute approximate surface area is 105 Å². The lowest BCUT2D eigenvalue weighted by Gasteiger charge is -2.28. The van der Waals surface area contributed by atoms with E-state index in [2.05, 4.69) is 49.9 Å². The molecule has 1 heterocycles. The average molecular weight is 232 g/mol. The van der Waals surface area contributed by atoms with Crippen molar-refractivity contribution in [2.75, 3.05) is 19.6 Å². The Balaban J connectivity index is 2.20. The highest BCUT2D eigenvalue weighted by atomic mass is 15.2. The third-order valence-corrected chi connectivity index (χ3v) is 4.23. The van der Waals surface area contributed by atoms with Gasteiger partial charge in [-0.15, -0.1) is 0 Å². The van der Waals surface area contributed by atoms with Gasteiger partial charge in [-0.3, -0.25) is 4.90 Å². The van der Waals surface area contributed by atoms with Crippen molar-refractivity contribution in [2.45, 2.75) is 26.8 Å². The summed E-state index contributed by atoms with van der Waals surface area (Å²) in [6.07, 6.45) is 0. The fourth-order valence-electron chi connectivity index (χ4n) is 2.86. The van der Waals surface area contributed by atoms with Gasteiger partial charge in [0.25, 0.3) is 0 Å². The van der Waals surface area contributed by atoms with Gasteiger partial charge in [-0.05, 0) is 29.9 Å². The van der Waals surface area contributed by atoms with Crippen LogP contribution in [0.1, 0.15) is 31.0 Å². The van der Waals surface area contributed by atoms with Crippen LogP contribution in [0.15, 0.2) is 24.3 Å². The minimum atomic E-state index is 0.392. The van der Waals surface area contributed by atoms with Crippen molar-refractivity contribution in [3.8, 4) is 0 Å². The van der Waals surface area contributed by atoms with Crippen molar-refractivity contribution in [2.24, 2.45) is 17.6 Å². The summed E-state index contributed by atoms with van der Waals surface area (Å²) < 4.78 is 0. The van der Waals surface area contributed by atoms with Gasteiger partial charge in [-0.1, -0.05) is 38.1 Å². The van der Waals surface area contributed by atoms with Gasteiger partial charge in [0.15, 0.2) is 0 Å². The number of hydrogen-bond acceptors (Lipinski definition) is 2. The Hall–Kier alpha value is -0.860. The Morgan fingerprint density at radius 3 is 2.35 bits per heavy atom. The quantitative estimate of drug-likeness (QED) is 0.868. The second-order valence-electron chi connectivity index (χ2n) is 5.52. The van der Waals surface area contributed by atoms with Crippen LogP contribution in [-0.4, -0.2) is 24.5 Å². The molecular formula is C15H24N2. The fourth-order valence-corrected chi connectivity index (χ4v) is 2.86. The summed E-state index contributed by atoms with van der Waals surface area (Å²) in [5, 5.41) is 0. The van der Waals surface area contributed by atoms with Gasteiger partial charge in [-0.2, -0.15) is 0 Å². The number of likely N-dealkylation sites (tertiary alicyclic amines) is 1. The van der Waals surface area contributed by atoms with Crippen molar-refractivity contribution >= 4 is 0 Å². The van der Waals surface area contributed by atoms with Crippen LogP contribution in [0.25, 0.3) is 0 Å². The second-order valence-corrected chi connectivity index (χ2v) is 5.52. The van der Waals surface area contributed by atoms with Crippen molar-refractivity contribution in [3.05, 3.63) is 35.4 Å². The van der Waals surface area contributed by atoms with Crippen LogP contribution in [0.5, 0.6) is 0 Å². The molecule has 2 rings (SSSR count). The fraction of sp³-hybridized carbons (Fsp3) is 0.600. The van der Waals surface area contributed by atoms with Crippen molar-refractivity contribution < 1.29 is 0 Å². The van der Waals surface area contributed by atoms with E-state index >= 15 is 0 Å². The molecule has 1 aromatic rings. The van der Waals surface area contributed by atoms with Crippen molar-refractivity contribution in [1.29, 1.82) is 0 Å². The summed E-state index contributed by atoms with van der Waals surface area (Å²) in [5.74, 6) is 1.57. The molecule has 0 amide bonds. The van der Waals surface area contributed by atoms with Gasteiger partial charge < -0.3 is 5.73 Å². The van der Waals surface area contributed by atoms with E-state index in [1.54, 1.807) is 0 Å². The van der Waals surface area contributed by atoms with E-state index < -0.39 is 0 Å². The maximum atomic E-state index is 6.00. The van der Waals surface area contributed by atoms with E-state index in [-0.39, 0.29) is 0 Å². The van der Waals surface area contributed by atoms with Crippen LogP contribution < -0.4 is 5.73 Å². The summed E-state index contributed by atoms with van der Waals surface area (Å²) in [6.45, 7) is 9.94. The minimum absolute atomic E-state index is 0.392. The number of nitrogens with zero attached hydrogens (tertiary/aromatic N) is 1. The van der Waals surface area contributed by atoms with Crippen molar-refractivity contribution in [3.63, 3.8) is 0 Å². The molecule has 1 aliphatic heterocycles. The first kappa shape index (κ1) is 12.6. The first-order chi connectivity index (χ1) is 8.13. The van der Waals surface area contributed by atoms with Crippen LogP contribution in [0.4, 0.5) is 0 Å². The highest BCUT2D eigenvalue weighted by Gasteiger charge is 2.31. The largest absolute Gasteiger partial charge is 0.329 e. The lowest BCUT2D eigenvalue weighted by atomic mass is 10.0. The Kier molecular flexibility index (Phi) is 3.85. The summed E-state index contributed by atoms with van der Waals surface area (Å²) in [6, 6.07) is 9.01. The number of aryl methyl sites for hydroxylation is 1. The zero-order valence-corrected chi connectivity index (χ0v) is 11.2. The van der Waals surface area contributed by atoms with E-state index in [4.69, 9.17) is 5.73 Å². The van der Waals surface area contributed by atoms with Gasteiger partial charge in [0.1, 0.15) is 0 Å². The van der Waals surface area contributed by atoms with E-state index in [9.17, 15) is 0 Å². The Morgan fingerprint density at radius 2 is 1.82 bits per heavy atom. The SMILES string of the molecule is Cc1ccccc1C(CN)N1CC(C)C(C)C1. The first-order valence-electron chi connectivity index (χ1n) is 6.63. The lowest BCUT2D eigenvalue weighted by molar-refractivity contribution is 0.239. The van der Waals surface area contributed by atoms with E-state index in [0.717, 1.165) is 11.8 Å². The summed E-state index contributed by atoms with van der Waals surface area (Å²) >= 11 is 0. The molecule has 0 saturated carbocycles. The monoisotopic (exact) mass is 232 g/mol. The molecule has 0 aromatic heterocycles. The number of nitrogens with two attached hydrogens (primary N) is 1. The number of hydrogen-bond donors (Lipinski definition) is 1. The topological polar surface area (TPSA) is 29.3 Å². The van der Waals surface area contributed by atoms with Gasteiger partial charge in [0.2, 0.25) is 0 Å². The van der Waals surface area contributed by atoms with Gasteiger partial charge in [0.05, 0.1) is 0 Å². The zero-order valence-electron chi connectivity index (χ0n) is 11.2. The molecule has 1 fully saturated rings. The molecule has 1 aromatic carbocycles. The second kappa shape index (κ2) is 5.19. The molecule has 94 valence electrons. The normalized spacial score (nSPS) is 27.3. The molecule has 1 saturated heterocycles. The highest BCUT2D eigenvalue weighted by molar-refractivity contribution is 5.29. The highest BCUT2D eigenvalue weighted by Crippen LogP contribution is 2.31. The Morgan fingerprint density at radius 1 is 1.24 bits per heavy atom. The molecule has 1 aliphatic rings. The zero-order chi connectivity index (χ0) is 12.4. The van der Waals surface area contributed by atoms with Gasteiger partial charge in [-0.25, -0.2) is 0 Å². The molecule has 0 radical (unpaired) electrons. The predicted octanol–water partition coefficient (Wildman–Crippen LogP) is 2.58. The number of rotatable bonds is 3. The van der Waals surface area contributed by atoms with E-state index in [1.165, 1.54) is 24.2 Å². The Bertz CT molecular complexity index is 365. The van der Waals surface area contributed by atoms with Crippen LogP contribution in [0, 0.1) is 18.8 Å². The molecule has 3 unspecified atom stereocenters. The van der Waals surface area contributed by atoms with Crippen LogP contribution >= 0.6 is 0 Å². The molecule has 2 nitrogen and oxygen atoms in total. The molecule has 2 N–H and O–H groups in total. The molecule has 0 bridgehead atoms. The number of benzene rings is 1. The first-order valence-corrected chi connectivity index (χ1v) is 6.63. The molecule has 2 heteroatoms. The molecular weight excluding hydrogens is 208 g/mol. The van der Waals surface area contributed by atoms with Crippen molar-refractivity contribution in [1.82, 2.24) is 4.90 Å². The van der Waals surface area contributed by atoms with E-state index in [1.807, 2.05) is 0 Å². The smallest absolute Gasteiger partial charge is 0.0473 e. The standard InChI is InChI=1S/C15H24N2/c1-11-6-4-5-7-14(11)15(8-16)17-9-12(2)13(3)10-17/h4-7,12-13,15H,8-10,16H2,1-3H3. The third-order valence-electron chi connectivity index (χ3n) is 4.23. The van der Waals surface area contributed by atoms with Crippen LogP contribution in [0.3, 0.4) is 0 Å². The predicted molar refractivity (Wildman–Crippen MR) is 72.9 cm³/mol. The lowest BCUT2D eigenvalue weighted by Crippen LogP contribution is -2.32. The van der Waals surface area contributed by atoms with Gasteiger partial charge >= 0.3 is 0 Å². The summed E-state index contributed by atoms with van der Waals surface area (Å²) in [4.78, 5) is 2.55. The average Bonchev–Trinajstić information content (AvgIpc) is 2.63. The third kappa shape index (κ3) is 2.53. The molecule has 0 spiro atoms. The van der Waals surface area contributed by atoms with Crippen LogP contribution in [0.2, 0.25) is 0 Å². The van der Waals surface area contributed by atoms with Gasteiger partial charge in [0, 0.05) is 25.7 Å².